The molecule has 0 aliphatic heterocycles. The molecule has 2 aromatic rings. The third kappa shape index (κ3) is 3.30. The van der Waals surface area contributed by atoms with Crippen molar-refractivity contribution < 1.29 is 13.2 Å². The molecular weight excluding hydrogens is 335 g/mol. The Morgan fingerprint density at radius 3 is 2.35 bits per heavy atom. The van der Waals surface area contributed by atoms with E-state index in [1.54, 1.807) is 19.2 Å². The van der Waals surface area contributed by atoms with Crippen LogP contribution in [-0.4, -0.2) is 4.57 Å². The van der Waals surface area contributed by atoms with Crippen molar-refractivity contribution in [3.05, 3.63) is 68.0 Å². The van der Waals surface area contributed by atoms with Crippen LogP contribution < -0.4 is 5.56 Å². The van der Waals surface area contributed by atoms with Crippen LogP contribution in [0.1, 0.15) is 16.7 Å². The van der Waals surface area contributed by atoms with Gasteiger partial charge in [-0.3, -0.25) is 4.79 Å². The van der Waals surface area contributed by atoms with Crippen molar-refractivity contribution in [2.75, 3.05) is 0 Å². The molecule has 6 heteroatoms. The summed E-state index contributed by atoms with van der Waals surface area (Å²) in [4.78, 5) is 11.9. The largest absolute Gasteiger partial charge is 0.416 e. The summed E-state index contributed by atoms with van der Waals surface area (Å²) in [5, 5.41) is 0. The van der Waals surface area contributed by atoms with Gasteiger partial charge < -0.3 is 4.57 Å². The zero-order chi connectivity index (χ0) is 14.9. The van der Waals surface area contributed by atoms with Gasteiger partial charge in [0.15, 0.2) is 0 Å². The van der Waals surface area contributed by atoms with E-state index in [-0.39, 0.29) is 12.1 Å². The summed E-state index contributed by atoms with van der Waals surface area (Å²) in [6.45, 7) is 1.92. The Morgan fingerprint density at radius 1 is 1.20 bits per heavy atom. The first-order chi connectivity index (χ1) is 9.27. The van der Waals surface area contributed by atoms with Crippen LogP contribution in [0.3, 0.4) is 0 Å². The van der Waals surface area contributed by atoms with Gasteiger partial charge in [-0.15, -0.1) is 0 Å². The van der Waals surface area contributed by atoms with Crippen LogP contribution in [-0.2, 0) is 12.7 Å². The number of alkyl halides is 3. The zero-order valence-corrected chi connectivity index (χ0v) is 12.1. The molecule has 0 radical (unpaired) electrons. The monoisotopic (exact) mass is 345 g/mol. The van der Waals surface area contributed by atoms with Gasteiger partial charge in [-0.1, -0.05) is 12.1 Å². The van der Waals surface area contributed by atoms with Gasteiger partial charge in [0, 0.05) is 16.2 Å². The van der Waals surface area contributed by atoms with Crippen LogP contribution in [0, 0.1) is 6.92 Å². The molecule has 2 rings (SSSR count). The first kappa shape index (κ1) is 14.8. The van der Waals surface area contributed by atoms with Crippen LogP contribution in [0.4, 0.5) is 13.2 Å². The molecule has 0 fully saturated rings. The first-order valence-corrected chi connectivity index (χ1v) is 6.59. The van der Waals surface area contributed by atoms with Crippen LogP contribution in [0.2, 0.25) is 0 Å². The van der Waals surface area contributed by atoms with E-state index in [2.05, 4.69) is 15.9 Å². The molecule has 1 heterocycles. The fourth-order valence-electron chi connectivity index (χ4n) is 1.85. The van der Waals surface area contributed by atoms with Crippen molar-refractivity contribution in [3.63, 3.8) is 0 Å². The number of hydrogen-bond acceptors (Lipinski definition) is 1. The Kier molecular flexibility index (Phi) is 4.04. The number of aryl methyl sites for hydroxylation is 1. The molecule has 0 atom stereocenters. The van der Waals surface area contributed by atoms with Gasteiger partial charge in [0.2, 0.25) is 0 Å². The lowest BCUT2D eigenvalue weighted by Gasteiger charge is -2.10. The molecule has 0 aliphatic carbocycles. The highest BCUT2D eigenvalue weighted by molar-refractivity contribution is 9.10. The van der Waals surface area contributed by atoms with Crippen molar-refractivity contribution in [3.8, 4) is 0 Å². The molecular formula is C14H11BrF3NO. The van der Waals surface area contributed by atoms with E-state index in [1.807, 2.05) is 0 Å². The Hall–Kier alpha value is -1.56. The second kappa shape index (κ2) is 5.44. The molecule has 106 valence electrons. The van der Waals surface area contributed by atoms with Crippen molar-refractivity contribution in [1.82, 2.24) is 4.57 Å². The number of nitrogens with zero attached hydrogens (tertiary/aromatic N) is 1. The highest BCUT2D eigenvalue weighted by Crippen LogP contribution is 2.29. The Labute approximate surface area is 122 Å². The van der Waals surface area contributed by atoms with E-state index < -0.39 is 11.7 Å². The van der Waals surface area contributed by atoms with Crippen molar-refractivity contribution in [1.29, 1.82) is 0 Å². The normalized spacial score (nSPS) is 11.7. The van der Waals surface area contributed by atoms with Gasteiger partial charge in [-0.2, -0.15) is 13.2 Å². The fraction of sp³-hybridized carbons (Fsp3) is 0.214. The topological polar surface area (TPSA) is 22.0 Å². The quantitative estimate of drug-likeness (QED) is 0.806. The maximum absolute atomic E-state index is 12.5. The summed E-state index contributed by atoms with van der Waals surface area (Å²) in [6.07, 6.45) is -2.73. The molecule has 1 aromatic carbocycles. The van der Waals surface area contributed by atoms with Crippen molar-refractivity contribution in [2.45, 2.75) is 19.6 Å². The highest BCUT2D eigenvalue weighted by Gasteiger charge is 2.29. The summed E-state index contributed by atoms with van der Waals surface area (Å²) in [6, 6.07) is 6.50. The van der Waals surface area contributed by atoms with Gasteiger partial charge in [0.05, 0.1) is 12.1 Å². The third-order valence-corrected chi connectivity index (χ3v) is 3.30. The molecule has 0 saturated heterocycles. The molecule has 20 heavy (non-hydrogen) atoms. The van der Waals surface area contributed by atoms with Gasteiger partial charge in [0.25, 0.3) is 5.56 Å². The molecule has 1 aromatic heterocycles. The average molecular weight is 346 g/mol. The van der Waals surface area contributed by atoms with E-state index in [0.717, 1.165) is 16.6 Å². The number of hydrogen-bond donors (Lipinski definition) is 0. The van der Waals surface area contributed by atoms with E-state index >= 15 is 0 Å². The summed E-state index contributed by atoms with van der Waals surface area (Å²) in [5.41, 5.74) is 0.357. The van der Waals surface area contributed by atoms with E-state index in [1.165, 1.54) is 16.7 Å². The maximum atomic E-state index is 12.5. The minimum Gasteiger partial charge on any atom is -0.310 e. The molecule has 0 unspecified atom stereocenters. The highest BCUT2D eigenvalue weighted by atomic mass is 79.9. The second-order valence-electron chi connectivity index (χ2n) is 4.47. The van der Waals surface area contributed by atoms with E-state index in [4.69, 9.17) is 0 Å². The summed E-state index contributed by atoms with van der Waals surface area (Å²) >= 11 is 3.29. The number of benzene rings is 1. The molecule has 0 spiro atoms. The van der Waals surface area contributed by atoms with E-state index in [9.17, 15) is 18.0 Å². The van der Waals surface area contributed by atoms with Gasteiger partial charge in [0.1, 0.15) is 0 Å². The predicted molar refractivity (Wildman–Crippen MR) is 73.7 cm³/mol. The number of rotatable bonds is 2. The summed E-state index contributed by atoms with van der Waals surface area (Å²) in [5.74, 6) is 0. The van der Waals surface area contributed by atoms with Crippen LogP contribution in [0.25, 0.3) is 0 Å². The van der Waals surface area contributed by atoms with E-state index in [0.29, 0.717) is 11.1 Å². The lowest BCUT2D eigenvalue weighted by atomic mass is 10.1. The maximum Gasteiger partial charge on any atom is 0.416 e. The standard InChI is InChI=1S/C14H11BrF3NO/c1-9-6-12(15)8-19(13(9)20)7-10-2-4-11(5-3-10)14(16,17)18/h2-6,8H,7H2,1H3. The summed E-state index contributed by atoms with van der Waals surface area (Å²) in [7, 11) is 0. The smallest absolute Gasteiger partial charge is 0.310 e. The lowest BCUT2D eigenvalue weighted by Crippen LogP contribution is -2.22. The molecule has 0 aliphatic rings. The average Bonchev–Trinajstić information content (AvgIpc) is 2.35. The van der Waals surface area contributed by atoms with Crippen LogP contribution in [0.5, 0.6) is 0 Å². The zero-order valence-electron chi connectivity index (χ0n) is 10.5. The predicted octanol–water partition coefficient (Wildman–Crippen LogP) is 3.99. The minimum absolute atomic E-state index is 0.159. The Balaban J connectivity index is 2.29. The molecule has 0 N–H and O–H groups in total. The number of pyridine rings is 1. The molecule has 0 bridgehead atoms. The second-order valence-corrected chi connectivity index (χ2v) is 5.38. The summed E-state index contributed by atoms with van der Waals surface area (Å²) < 4.78 is 39.6. The Bertz CT molecular complexity index is 674. The van der Waals surface area contributed by atoms with Crippen molar-refractivity contribution in [2.24, 2.45) is 0 Å². The van der Waals surface area contributed by atoms with Gasteiger partial charge in [-0.05, 0) is 46.6 Å². The van der Waals surface area contributed by atoms with Gasteiger partial charge in [-0.25, -0.2) is 0 Å². The fourth-order valence-corrected chi connectivity index (χ4v) is 2.44. The molecule has 0 saturated carbocycles. The molecule has 2 nitrogen and oxygen atoms in total. The SMILES string of the molecule is Cc1cc(Br)cn(Cc2ccc(C(F)(F)F)cc2)c1=O. The third-order valence-electron chi connectivity index (χ3n) is 2.87. The molecule has 0 amide bonds. The lowest BCUT2D eigenvalue weighted by molar-refractivity contribution is -0.137. The minimum atomic E-state index is -4.35. The number of aromatic nitrogens is 1. The number of halogens is 4. The van der Waals surface area contributed by atoms with Crippen molar-refractivity contribution >= 4 is 15.9 Å². The first-order valence-electron chi connectivity index (χ1n) is 5.80. The van der Waals surface area contributed by atoms with Crippen LogP contribution >= 0.6 is 15.9 Å². The van der Waals surface area contributed by atoms with Gasteiger partial charge >= 0.3 is 6.18 Å². The Morgan fingerprint density at radius 2 is 1.80 bits per heavy atom. The van der Waals surface area contributed by atoms with Crippen LogP contribution in [0.15, 0.2) is 45.8 Å².